The molecule has 0 unspecified atom stereocenters. The van der Waals surface area contributed by atoms with E-state index in [0.29, 0.717) is 22.8 Å². The third-order valence-electron chi connectivity index (χ3n) is 4.01. The number of nitrogens with zero attached hydrogens (tertiary/aromatic N) is 3. The Kier molecular flexibility index (Phi) is 6.76. The van der Waals surface area contributed by atoms with Crippen molar-refractivity contribution in [3.63, 3.8) is 0 Å². The highest BCUT2D eigenvalue weighted by Crippen LogP contribution is 2.31. The molecule has 0 amide bonds. The van der Waals surface area contributed by atoms with Gasteiger partial charge in [-0.25, -0.2) is 14.8 Å². The van der Waals surface area contributed by atoms with Crippen LogP contribution in [0.3, 0.4) is 0 Å². The maximum absolute atomic E-state index is 11.9. The van der Waals surface area contributed by atoms with Crippen molar-refractivity contribution >= 4 is 40.6 Å². The van der Waals surface area contributed by atoms with E-state index in [2.05, 4.69) is 20.6 Å². The maximum Gasteiger partial charge on any atom is 0.353 e. The van der Waals surface area contributed by atoms with Crippen molar-refractivity contribution < 1.29 is 14.5 Å². The Morgan fingerprint density at radius 2 is 1.90 bits per heavy atom. The normalized spacial score (nSPS) is 10.3. The van der Waals surface area contributed by atoms with E-state index in [4.69, 9.17) is 16.3 Å². The molecule has 1 aromatic heterocycles. The van der Waals surface area contributed by atoms with Crippen LogP contribution in [-0.2, 0) is 11.3 Å². The molecule has 154 valence electrons. The standard InChI is InChI=1S/C20H18ClN5O4/c1-2-30-20(27)14-4-3-5-16(10-14)25-19-17(26(28)29)18(23-12-24-19)22-11-13-6-8-15(21)9-7-13/h3-10,12H,2,11H2,1H3,(H2,22,23,24,25). The average Bonchev–Trinajstić information content (AvgIpc) is 2.73. The molecule has 0 atom stereocenters. The van der Waals surface area contributed by atoms with Crippen LogP contribution in [-0.4, -0.2) is 27.5 Å². The molecule has 2 aromatic carbocycles. The Labute approximate surface area is 177 Å². The average molecular weight is 428 g/mol. The number of halogens is 1. The molecule has 3 rings (SSSR count). The predicted octanol–water partition coefficient (Wildman–Crippen LogP) is 4.57. The van der Waals surface area contributed by atoms with Gasteiger partial charge in [0.15, 0.2) is 0 Å². The van der Waals surface area contributed by atoms with E-state index in [9.17, 15) is 14.9 Å². The first-order chi connectivity index (χ1) is 14.5. The summed E-state index contributed by atoms with van der Waals surface area (Å²) in [5, 5.41) is 18.1. The molecule has 30 heavy (non-hydrogen) atoms. The number of carbonyl (C=O) groups is 1. The largest absolute Gasteiger partial charge is 0.462 e. The minimum absolute atomic E-state index is 0.00499. The van der Waals surface area contributed by atoms with E-state index in [1.165, 1.54) is 12.4 Å². The summed E-state index contributed by atoms with van der Waals surface area (Å²) in [4.78, 5) is 31.0. The number of carbonyl (C=O) groups excluding carboxylic acids is 1. The first kappa shape index (κ1) is 21.0. The first-order valence-electron chi connectivity index (χ1n) is 9.00. The van der Waals surface area contributed by atoms with Gasteiger partial charge in [0, 0.05) is 17.3 Å². The molecule has 0 aliphatic rings. The number of ether oxygens (including phenoxy) is 1. The molecule has 0 aliphatic heterocycles. The van der Waals surface area contributed by atoms with Crippen molar-refractivity contribution in [3.8, 4) is 0 Å². The Morgan fingerprint density at radius 1 is 1.17 bits per heavy atom. The molecular weight excluding hydrogens is 410 g/mol. The Morgan fingerprint density at radius 3 is 2.60 bits per heavy atom. The molecule has 9 nitrogen and oxygen atoms in total. The Hall–Kier alpha value is -3.72. The van der Waals surface area contributed by atoms with Crippen molar-refractivity contribution in [2.24, 2.45) is 0 Å². The molecule has 0 bridgehead atoms. The molecule has 3 aromatic rings. The van der Waals surface area contributed by atoms with Gasteiger partial charge < -0.3 is 15.4 Å². The summed E-state index contributed by atoms with van der Waals surface area (Å²) in [5.41, 5.74) is 1.34. The van der Waals surface area contributed by atoms with Gasteiger partial charge in [-0.15, -0.1) is 0 Å². The highest BCUT2D eigenvalue weighted by Gasteiger charge is 2.23. The van der Waals surface area contributed by atoms with Crippen molar-refractivity contribution in [3.05, 3.63) is 81.1 Å². The second-order valence-corrected chi connectivity index (χ2v) is 6.52. The van der Waals surface area contributed by atoms with Gasteiger partial charge in [0.1, 0.15) is 6.33 Å². The van der Waals surface area contributed by atoms with E-state index >= 15 is 0 Å². The zero-order valence-electron chi connectivity index (χ0n) is 16.0. The highest BCUT2D eigenvalue weighted by atomic mass is 35.5. The van der Waals surface area contributed by atoms with Gasteiger partial charge >= 0.3 is 11.7 Å². The summed E-state index contributed by atoms with van der Waals surface area (Å²) >= 11 is 5.87. The Bertz CT molecular complexity index is 1060. The summed E-state index contributed by atoms with van der Waals surface area (Å²) in [6, 6.07) is 13.5. The van der Waals surface area contributed by atoms with Gasteiger partial charge in [-0.1, -0.05) is 29.8 Å². The SMILES string of the molecule is CCOC(=O)c1cccc(Nc2ncnc(NCc3ccc(Cl)cc3)c2[N+](=O)[O-])c1. The van der Waals surface area contributed by atoms with Crippen molar-refractivity contribution in [2.45, 2.75) is 13.5 Å². The number of rotatable bonds is 8. The fourth-order valence-corrected chi connectivity index (χ4v) is 2.76. The lowest BCUT2D eigenvalue weighted by molar-refractivity contribution is -0.383. The van der Waals surface area contributed by atoms with Crippen LogP contribution in [0.4, 0.5) is 23.0 Å². The monoisotopic (exact) mass is 427 g/mol. The van der Waals surface area contributed by atoms with Gasteiger partial charge in [-0.3, -0.25) is 10.1 Å². The lowest BCUT2D eigenvalue weighted by Gasteiger charge is -2.11. The molecule has 2 N–H and O–H groups in total. The smallest absolute Gasteiger partial charge is 0.353 e. The lowest BCUT2D eigenvalue weighted by Crippen LogP contribution is -2.09. The number of hydrogen-bond donors (Lipinski definition) is 2. The zero-order chi connectivity index (χ0) is 21.5. The van der Waals surface area contributed by atoms with Crippen molar-refractivity contribution in [2.75, 3.05) is 17.2 Å². The zero-order valence-corrected chi connectivity index (χ0v) is 16.7. The number of aromatic nitrogens is 2. The second kappa shape index (κ2) is 9.66. The third-order valence-corrected chi connectivity index (χ3v) is 4.27. The van der Waals surface area contributed by atoms with Crippen LogP contribution >= 0.6 is 11.6 Å². The topological polar surface area (TPSA) is 119 Å². The number of esters is 1. The van der Waals surface area contributed by atoms with E-state index in [1.54, 1.807) is 37.3 Å². The van der Waals surface area contributed by atoms with E-state index < -0.39 is 10.9 Å². The fraction of sp³-hybridized carbons (Fsp3) is 0.150. The molecule has 0 radical (unpaired) electrons. The second-order valence-electron chi connectivity index (χ2n) is 6.08. The van der Waals surface area contributed by atoms with E-state index in [1.807, 2.05) is 12.1 Å². The maximum atomic E-state index is 11.9. The molecule has 0 spiro atoms. The van der Waals surface area contributed by atoms with E-state index in [-0.39, 0.29) is 23.9 Å². The number of anilines is 3. The number of benzene rings is 2. The van der Waals surface area contributed by atoms with Crippen LogP contribution in [0.2, 0.25) is 5.02 Å². The van der Waals surface area contributed by atoms with Crippen LogP contribution in [0.1, 0.15) is 22.8 Å². The van der Waals surface area contributed by atoms with Gasteiger partial charge in [0.25, 0.3) is 0 Å². The molecule has 1 heterocycles. The van der Waals surface area contributed by atoms with E-state index in [0.717, 1.165) is 5.56 Å². The number of nitro groups is 1. The number of hydrogen-bond acceptors (Lipinski definition) is 8. The molecule has 10 heteroatoms. The summed E-state index contributed by atoms with van der Waals surface area (Å²) in [5.74, 6) is -0.424. The minimum Gasteiger partial charge on any atom is -0.462 e. The van der Waals surface area contributed by atoms with Crippen LogP contribution < -0.4 is 10.6 Å². The molecule has 0 saturated heterocycles. The third kappa shape index (κ3) is 5.21. The predicted molar refractivity (Wildman–Crippen MR) is 113 cm³/mol. The van der Waals surface area contributed by atoms with Crippen LogP contribution in [0.15, 0.2) is 54.9 Å². The summed E-state index contributed by atoms with van der Waals surface area (Å²) < 4.78 is 4.98. The fourth-order valence-electron chi connectivity index (χ4n) is 2.64. The number of nitrogens with one attached hydrogen (secondary N) is 2. The van der Waals surface area contributed by atoms with Crippen LogP contribution in [0.5, 0.6) is 0 Å². The van der Waals surface area contributed by atoms with Gasteiger partial charge in [-0.2, -0.15) is 0 Å². The summed E-state index contributed by atoms with van der Waals surface area (Å²) in [6.45, 7) is 2.27. The molecule has 0 aliphatic carbocycles. The molecule has 0 saturated carbocycles. The van der Waals surface area contributed by atoms with Gasteiger partial charge in [-0.05, 0) is 42.8 Å². The lowest BCUT2D eigenvalue weighted by atomic mass is 10.2. The quantitative estimate of drug-likeness (QED) is 0.305. The van der Waals surface area contributed by atoms with Crippen molar-refractivity contribution in [1.29, 1.82) is 0 Å². The first-order valence-corrected chi connectivity index (χ1v) is 9.37. The molecular formula is C20H18ClN5O4. The molecule has 0 fully saturated rings. The summed E-state index contributed by atoms with van der Waals surface area (Å²) in [7, 11) is 0. The van der Waals surface area contributed by atoms with Gasteiger partial charge in [0.2, 0.25) is 11.6 Å². The minimum atomic E-state index is -0.568. The van der Waals surface area contributed by atoms with Crippen LogP contribution in [0.25, 0.3) is 0 Å². The van der Waals surface area contributed by atoms with Crippen molar-refractivity contribution in [1.82, 2.24) is 9.97 Å². The highest BCUT2D eigenvalue weighted by molar-refractivity contribution is 6.30. The summed E-state index contributed by atoms with van der Waals surface area (Å²) in [6.07, 6.45) is 1.22. The van der Waals surface area contributed by atoms with Crippen LogP contribution in [0, 0.1) is 10.1 Å². The Balaban J connectivity index is 1.84. The van der Waals surface area contributed by atoms with Gasteiger partial charge in [0.05, 0.1) is 17.1 Å².